The van der Waals surface area contributed by atoms with E-state index in [1.807, 2.05) is 30.3 Å². The molecule has 1 aromatic heterocycles. The standard InChI is InChI=1S/C12H14N4O/c1-10-15-12(7-13-16-10)8-14-17-9-11-5-3-2-4-6-11/h2-7,14H,8-9H2,1H3. The summed E-state index contributed by atoms with van der Waals surface area (Å²) in [4.78, 5) is 9.53. The Balaban J connectivity index is 1.73. The number of aromatic nitrogens is 3. The van der Waals surface area contributed by atoms with Crippen LogP contribution in [0.1, 0.15) is 17.1 Å². The average molecular weight is 230 g/mol. The van der Waals surface area contributed by atoms with E-state index in [0.29, 0.717) is 19.0 Å². The highest BCUT2D eigenvalue weighted by Gasteiger charge is 1.97. The van der Waals surface area contributed by atoms with E-state index in [9.17, 15) is 0 Å². The molecule has 0 saturated carbocycles. The molecule has 0 spiro atoms. The molecule has 0 bridgehead atoms. The number of hydrogen-bond acceptors (Lipinski definition) is 5. The van der Waals surface area contributed by atoms with Crippen molar-refractivity contribution in [2.24, 2.45) is 0 Å². The molecule has 17 heavy (non-hydrogen) atoms. The van der Waals surface area contributed by atoms with Crippen LogP contribution >= 0.6 is 0 Å². The maximum atomic E-state index is 5.33. The fraction of sp³-hybridized carbons (Fsp3) is 0.250. The molecular formula is C12H14N4O. The van der Waals surface area contributed by atoms with Crippen LogP contribution < -0.4 is 5.48 Å². The van der Waals surface area contributed by atoms with E-state index in [2.05, 4.69) is 20.7 Å². The van der Waals surface area contributed by atoms with Crippen molar-refractivity contribution >= 4 is 0 Å². The van der Waals surface area contributed by atoms with Crippen molar-refractivity contribution in [1.82, 2.24) is 20.7 Å². The van der Waals surface area contributed by atoms with Crippen LogP contribution in [0.15, 0.2) is 36.5 Å². The van der Waals surface area contributed by atoms with Gasteiger partial charge in [0.2, 0.25) is 0 Å². The predicted octanol–water partition coefficient (Wildman–Crippen LogP) is 1.40. The molecule has 0 radical (unpaired) electrons. The van der Waals surface area contributed by atoms with Gasteiger partial charge in [-0.25, -0.2) is 4.98 Å². The molecule has 0 saturated heterocycles. The number of hydroxylamine groups is 1. The fourth-order valence-corrected chi connectivity index (χ4v) is 1.36. The predicted molar refractivity (Wildman–Crippen MR) is 62.6 cm³/mol. The summed E-state index contributed by atoms with van der Waals surface area (Å²) in [5, 5.41) is 7.60. The van der Waals surface area contributed by atoms with Crippen LogP contribution in [0.3, 0.4) is 0 Å². The molecule has 0 amide bonds. The molecule has 0 aliphatic carbocycles. The van der Waals surface area contributed by atoms with Crippen LogP contribution in [-0.4, -0.2) is 15.2 Å². The van der Waals surface area contributed by atoms with Crippen molar-refractivity contribution in [3.8, 4) is 0 Å². The summed E-state index contributed by atoms with van der Waals surface area (Å²) in [6, 6.07) is 9.97. The summed E-state index contributed by atoms with van der Waals surface area (Å²) in [5.41, 5.74) is 4.78. The summed E-state index contributed by atoms with van der Waals surface area (Å²) in [7, 11) is 0. The lowest BCUT2D eigenvalue weighted by molar-refractivity contribution is 0.0227. The number of rotatable bonds is 5. The van der Waals surface area contributed by atoms with Gasteiger partial charge in [0.05, 0.1) is 25.0 Å². The molecule has 2 aromatic rings. The van der Waals surface area contributed by atoms with Crippen LogP contribution in [0.5, 0.6) is 0 Å². The zero-order valence-corrected chi connectivity index (χ0v) is 9.63. The second kappa shape index (κ2) is 6.03. The van der Waals surface area contributed by atoms with Crippen LogP contribution in [0, 0.1) is 6.92 Å². The van der Waals surface area contributed by atoms with Crippen molar-refractivity contribution in [2.75, 3.05) is 0 Å². The van der Waals surface area contributed by atoms with Crippen LogP contribution in [0.25, 0.3) is 0 Å². The molecule has 1 aromatic carbocycles. The molecule has 5 nitrogen and oxygen atoms in total. The van der Waals surface area contributed by atoms with Crippen LogP contribution in [0.2, 0.25) is 0 Å². The van der Waals surface area contributed by atoms with E-state index < -0.39 is 0 Å². The smallest absolute Gasteiger partial charge is 0.148 e. The largest absolute Gasteiger partial charge is 0.297 e. The second-order valence-electron chi connectivity index (χ2n) is 3.59. The van der Waals surface area contributed by atoms with Crippen LogP contribution in [0.4, 0.5) is 0 Å². The summed E-state index contributed by atoms with van der Waals surface area (Å²) < 4.78 is 0. The summed E-state index contributed by atoms with van der Waals surface area (Å²) in [6.45, 7) is 2.85. The molecular weight excluding hydrogens is 216 g/mol. The Bertz CT molecular complexity index is 461. The molecule has 5 heteroatoms. The van der Waals surface area contributed by atoms with Gasteiger partial charge in [0.25, 0.3) is 0 Å². The van der Waals surface area contributed by atoms with Gasteiger partial charge in [-0.3, -0.25) is 4.84 Å². The zero-order chi connectivity index (χ0) is 11.9. The van der Waals surface area contributed by atoms with Crippen LogP contribution in [-0.2, 0) is 18.0 Å². The SMILES string of the molecule is Cc1nncc(CNOCc2ccccc2)n1. The molecule has 1 heterocycles. The van der Waals surface area contributed by atoms with Gasteiger partial charge in [-0.05, 0) is 12.5 Å². The molecule has 0 aliphatic heterocycles. The van der Waals surface area contributed by atoms with Gasteiger partial charge in [0, 0.05) is 0 Å². The van der Waals surface area contributed by atoms with Crippen molar-refractivity contribution < 1.29 is 4.84 Å². The first-order chi connectivity index (χ1) is 8.34. The van der Waals surface area contributed by atoms with Gasteiger partial charge in [-0.1, -0.05) is 30.3 Å². The number of nitrogens with zero attached hydrogens (tertiary/aromatic N) is 3. The monoisotopic (exact) mass is 230 g/mol. The van der Waals surface area contributed by atoms with Crippen molar-refractivity contribution in [1.29, 1.82) is 0 Å². The van der Waals surface area contributed by atoms with E-state index in [0.717, 1.165) is 11.3 Å². The van der Waals surface area contributed by atoms with Gasteiger partial charge < -0.3 is 0 Å². The topological polar surface area (TPSA) is 59.9 Å². The number of aryl methyl sites for hydroxylation is 1. The van der Waals surface area contributed by atoms with Gasteiger partial charge in [0.1, 0.15) is 5.82 Å². The second-order valence-corrected chi connectivity index (χ2v) is 3.59. The zero-order valence-electron chi connectivity index (χ0n) is 9.63. The Morgan fingerprint density at radius 1 is 1.24 bits per heavy atom. The van der Waals surface area contributed by atoms with E-state index in [1.165, 1.54) is 0 Å². The Hall–Kier alpha value is -1.85. The number of benzene rings is 1. The Morgan fingerprint density at radius 3 is 2.82 bits per heavy atom. The Morgan fingerprint density at radius 2 is 2.06 bits per heavy atom. The van der Waals surface area contributed by atoms with E-state index in [4.69, 9.17) is 4.84 Å². The highest BCUT2D eigenvalue weighted by molar-refractivity contribution is 5.13. The minimum atomic E-state index is 0.517. The lowest BCUT2D eigenvalue weighted by Crippen LogP contribution is -2.15. The van der Waals surface area contributed by atoms with Crippen molar-refractivity contribution in [2.45, 2.75) is 20.1 Å². The number of hydrogen-bond donors (Lipinski definition) is 1. The van der Waals surface area contributed by atoms with Gasteiger partial charge in [-0.2, -0.15) is 10.6 Å². The third kappa shape index (κ3) is 3.90. The van der Waals surface area contributed by atoms with Crippen molar-refractivity contribution in [3.63, 3.8) is 0 Å². The van der Waals surface area contributed by atoms with E-state index >= 15 is 0 Å². The number of nitrogens with one attached hydrogen (secondary N) is 1. The molecule has 88 valence electrons. The normalized spacial score (nSPS) is 10.4. The summed E-state index contributed by atoms with van der Waals surface area (Å²) >= 11 is 0. The fourth-order valence-electron chi connectivity index (χ4n) is 1.36. The molecule has 0 unspecified atom stereocenters. The average Bonchev–Trinajstić information content (AvgIpc) is 2.36. The summed E-state index contributed by atoms with van der Waals surface area (Å²) in [6.07, 6.45) is 1.62. The minimum Gasteiger partial charge on any atom is -0.297 e. The lowest BCUT2D eigenvalue weighted by Gasteiger charge is -2.05. The third-order valence-electron chi connectivity index (χ3n) is 2.15. The Labute approximate surface area is 99.8 Å². The highest BCUT2D eigenvalue weighted by atomic mass is 16.6. The molecule has 0 aliphatic rings. The quantitative estimate of drug-likeness (QED) is 0.621. The van der Waals surface area contributed by atoms with Gasteiger partial charge in [0.15, 0.2) is 0 Å². The lowest BCUT2D eigenvalue weighted by atomic mass is 10.2. The summed E-state index contributed by atoms with van der Waals surface area (Å²) in [5.74, 6) is 0.660. The molecule has 0 atom stereocenters. The third-order valence-corrected chi connectivity index (χ3v) is 2.15. The highest BCUT2D eigenvalue weighted by Crippen LogP contribution is 1.99. The molecule has 0 fully saturated rings. The minimum absolute atomic E-state index is 0.517. The van der Waals surface area contributed by atoms with Crippen molar-refractivity contribution in [3.05, 3.63) is 53.6 Å². The maximum absolute atomic E-state index is 5.33. The Kier molecular flexibility index (Phi) is 4.12. The first-order valence-corrected chi connectivity index (χ1v) is 5.38. The van der Waals surface area contributed by atoms with Gasteiger partial charge in [-0.15, -0.1) is 5.10 Å². The maximum Gasteiger partial charge on any atom is 0.148 e. The first kappa shape index (κ1) is 11.6. The first-order valence-electron chi connectivity index (χ1n) is 5.38. The molecule has 2 rings (SSSR count). The van der Waals surface area contributed by atoms with E-state index in [1.54, 1.807) is 13.1 Å². The van der Waals surface area contributed by atoms with E-state index in [-0.39, 0.29) is 0 Å². The van der Waals surface area contributed by atoms with Gasteiger partial charge >= 0.3 is 0 Å². The molecule has 1 N–H and O–H groups in total.